The molecule has 1 saturated carbocycles. The van der Waals surface area contributed by atoms with E-state index in [4.69, 9.17) is 4.74 Å². The van der Waals surface area contributed by atoms with Gasteiger partial charge in [-0.3, -0.25) is 0 Å². The maximum atomic E-state index is 12.3. The minimum absolute atomic E-state index is 0.201. The molecule has 3 heterocycles. The fourth-order valence-corrected chi connectivity index (χ4v) is 4.66. The predicted molar refractivity (Wildman–Crippen MR) is 105 cm³/mol. The summed E-state index contributed by atoms with van der Waals surface area (Å²) in [5.41, 5.74) is 2.23. The Kier molecular flexibility index (Phi) is 3.41. The number of carbonyl (C=O) groups excluding carboxylic acids is 1. The zero-order valence-corrected chi connectivity index (χ0v) is 15.7. The van der Waals surface area contributed by atoms with Crippen molar-refractivity contribution in [2.24, 2.45) is 0 Å². The highest BCUT2D eigenvalue weighted by Gasteiger charge is 2.47. The first-order chi connectivity index (χ1) is 14.2. The summed E-state index contributed by atoms with van der Waals surface area (Å²) in [6.45, 7) is 0. The molecule has 2 aromatic carbocycles. The number of ether oxygens (including phenoxy) is 1. The normalized spacial score (nSPS) is 23.4. The van der Waals surface area contributed by atoms with Crippen LogP contribution in [0.3, 0.4) is 0 Å². The second-order valence-electron chi connectivity index (χ2n) is 7.83. The van der Waals surface area contributed by atoms with E-state index < -0.39 is 5.60 Å². The third kappa shape index (κ3) is 2.50. The smallest absolute Gasteiger partial charge is 0.339 e. The van der Waals surface area contributed by atoms with Gasteiger partial charge in [0.2, 0.25) is 5.78 Å². The zero-order valence-electron chi connectivity index (χ0n) is 15.7. The molecule has 144 valence electrons. The predicted octanol–water partition coefficient (Wildman–Crippen LogP) is 3.84. The van der Waals surface area contributed by atoms with Gasteiger partial charge in [-0.05, 0) is 31.7 Å². The van der Waals surface area contributed by atoms with Crippen LogP contribution in [-0.2, 0) is 10.3 Å². The molecule has 0 unspecified atom stereocenters. The molecule has 29 heavy (non-hydrogen) atoms. The number of nitrogens with one attached hydrogen (secondary N) is 1. The van der Waals surface area contributed by atoms with Crippen LogP contribution in [0.1, 0.15) is 53.3 Å². The van der Waals surface area contributed by atoms with E-state index in [1.807, 2.05) is 54.6 Å². The van der Waals surface area contributed by atoms with E-state index in [9.17, 15) is 4.79 Å². The van der Waals surface area contributed by atoms with Crippen LogP contribution in [0.15, 0.2) is 54.6 Å². The van der Waals surface area contributed by atoms with Crippen molar-refractivity contribution in [1.82, 2.24) is 24.8 Å². The van der Waals surface area contributed by atoms with E-state index in [0.717, 1.165) is 42.6 Å². The molecule has 0 radical (unpaired) electrons. The lowest BCUT2D eigenvalue weighted by Crippen LogP contribution is -2.31. The van der Waals surface area contributed by atoms with Crippen molar-refractivity contribution in [2.45, 2.75) is 37.2 Å². The molecule has 1 N–H and O–H groups in total. The lowest BCUT2D eigenvalue weighted by Gasteiger charge is -2.35. The third-order valence-electron chi connectivity index (χ3n) is 6.17. The number of aromatic nitrogens is 5. The van der Waals surface area contributed by atoms with E-state index >= 15 is 0 Å². The second-order valence-corrected chi connectivity index (χ2v) is 7.83. The first-order valence-corrected chi connectivity index (χ1v) is 9.93. The molecule has 2 aliphatic rings. The molecule has 1 spiro atoms. The van der Waals surface area contributed by atoms with Gasteiger partial charge in [0.05, 0.1) is 5.56 Å². The van der Waals surface area contributed by atoms with Gasteiger partial charge in [-0.15, -0.1) is 14.8 Å². The van der Waals surface area contributed by atoms with E-state index in [0.29, 0.717) is 17.2 Å². The van der Waals surface area contributed by atoms with Gasteiger partial charge in [-0.2, -0.15) is 4.98 Å². The number of carbonyl (C=O) groups is 1. The Morgan fingerprint density at radius 3 is 2.55 bits per heavy atom. The molecular weight excluding hydrogens is 366 g/mol. The van der Waals surface area contributed by atoms with Crippen molar-refractivity contribution in [3.8, 4) is 11.4 Å². The van der Waals surface area contributed by atoms with E-state index in [2.05, 4.69) is 20.2 Å². The molecule has 6 rings (SSSR count). The number of H-pyrrole nitrogens is 1. The summed E-state index contributed by atoms with van der Waals surface area (Å²) >= 11 is 0. The van der Waals surface area contributed by atoms with Crippen LogP contribution in [0.5, 0.6) is 0 Å². The molecule has 0 bridgehead atoms. The largest absolute Gasteiger partial charge is 0.451 e. The van der Waals surface area contributed by atoms with Crippen molar-refractivity contribution in [1.29, 1.82) is 0 Å². The van der Waals surface area contributed by atoms with Crippen LogP contribution in [0.2, 0.25) is 0 Å². The molecule has 7 heteroatoms. The highest BCUT2D eigenvalue weighted by atomic mass is 16.6. The van der Waals surface area contributed by atoms with Crippen LogP contribution in [0.25, 0.3) is 17.2 Å². The highest BCUT2D eigenvalue weighted by molar-refractivity contribution is 5.94. The van der Waals surface area contributed by atoms with Crippen molar-refractivity contribution in [3.05, 3.63) is 71.5 Å². The fourth-order valence-electron chi connectivity index (χ4n) is 4.66. The number of fused-ring (bicyclic) bond motifs is 3. The van der Waals surface area contributed by atoms with Crippen LogP contribution < -0.4 is 0 Å². The lowest BCUT2D eigenvalue weighted by molar-refractivity contribution is -0.0312. The quantitative estimate of drug-likeness (QED) is 0.530. The summed E-state index contributed by atoms with van der Waals surface area (Å²) in [6.07, 6.45) is 3.38. The Hall–Kier alpha value is -3.48. The van der Waals surface area contributed by atoms with Crippen molar-refractivity contribution in [3.63, 3.8) is 0 Å². The molecule has 1 aliphatic carbocycles. The van der Waals surface area contributed by atoms with Crippen molar-refractivity contribution < 1.29 is 9.53 Å². The molecule has 4 aromatic rings. The molecule has 1 fully saturated rings. The number of hydrogen-bond donors (Lipinski definition) is 1. The average Bonchev–Trinajstić information content (AvgIpc) is 3.41. The zero-order chi connectivity index (χ0) is 19.4. The minimum Gasteiger partial charge on any atom is -0.451 e. The second kappa shape index (κ2) is 6.01. The van der Waals surface area contributed by atoms with Gasteiger partial charge in [0.15, 0.2) is 5.82 Å². The molecule has 7 nitrogen and oxygen atoms in total. The van der Waals surface area contributed by atoms with E-state index in [1.54, 1.807) is 4.63 Å². The van der Waals surface area contributed by atoms with E-state index in [-0.39, 0.29) is 11.9 Å². The molecule has 2 aromatic heterocycles. The molecule has 0 saturated heterocycles. The van der Waals surface area contributed by atoms with Crippen molar-refractivity contribution in [2.75, 3.05) is 0 Å². The minimum atomic E-state index is -0.477. The maximum Gasteiger partial charge on any atom is 0.339 e. The summed E-state index contributed by atoms with van der Waals surface area (Å²) in [6, 6.07) is 17.6. The SMILES string of the molecule is O=C1O[C@]2(CC[C@H](c3nn4nc(-c5ccccc5)nc4[nH]3)CC2)c2ccccc21. The summed E-state index contributed by atoms with van der Waals surface area (Å²) in [5.74, 6) is 2.28. The third-order valence-corrected chi connectivity index (χ3v) is 6.17. The van der Waals surface area contributed by atoms with Gasteiger partial charge in [0.25, 0.3) is 0 Å². The Morgan fingerprint density at radius 2 is 1.76 bits per heavy atom. The van der Waals surface area contributed by atoms with Gasteiger partial charge >= 0.3 is 5.97 Å². The Balaban J connectivity index is 1.24. The fraction of sp³-hybridized carbons (Fsp3) is 0.273. The Bertz CT molecular complexity index is 1190. The van der Waals surface area contributed by atoms with Gasteiger partial charge in [-0.1, -0.05) is 48.5 Å². The van der Waals surface area contributed by atoms with Crippen molar-refractivity contribution >= 4 is 11.7 Å². The first kappa shape index (κ1) is 16.5. The van der Waals surface area contributed by atoms with Gasteiger partial charge in [-0.25, -0.2) is 4.79 Å². The highest BCUT2D eigenvalue weighted by Crippen LogP contribution is 2.49. The molecule has 0 atom stereocenters. The summed E-state index contributed by atoms with van der Waals surface area (Å²) in [5, 5.41) is 9.14. The number of benzene rings is 2. The topological polar surface area (TPSA) is 85.2 Å². The lowest BCUT2D eigenvalue weighted by atomic mass is 9.75. The standard InChI is InChI=1S/C22H19N5O2/c28-20-16-8-4-5-9-17(16)22(29-20)12-10-15(11-13-22)19-24-21-23-18(25-27(21)26-19)14-6-2-1-3-7-14/h1-9,15H,10-13H2,(H,23,24,25,26)/t15-,22-. The van der Waals surface area contributed by atoms with Gasteiger partial charge in [0.1, 0.15) is 11.4 Å². The molecular formula is C22H19N5O2. The Morgan fingerprint density at radius 1 is 1.00 bits per heavy atom. The van der Waals surface area contributed by atoms with Crippen LogP contribution in [0, 0.1) is 0 Å². The monoisotopic (exact) mass is 385 g/mol. The summed E-state index contributed by atoms with van der Waals surface area (Å²) < 4.78 is 7.43. The number of rotatable bonds is 2. The van der Waals surface area contributed by atoms with Gasteiger partial charge in [0, 0.05) is 17.0 Å². The first-order valence-electron chi connectivity index (χ1n) is 9.93. The van der Waals surface area contributed by atoms with Gasteiger partial charge < -0.3 is 9.72 Å². The number of hydrogen-bond acceptors (Lipinski definition) is 5. The molecule has 1 aliphatic heterocycles. The number of nitrogens with zero attached hydrogens (tertiary/aromatic N) is 4. The number of aromatic amines is 1. The van der Waals surface area contributed by atoms with E-state index in [1.165, 1.54) is 0 Å². The summed E-state index contributed by atoms with van der Waals surface area (Å²) in [7, 11) is 0. The van der Waals surface area contributed by atoms with Crippen LogP contribution >= 0.6 is 0 Å². The van der Waals surface area contributed by atoms with Crippen LogP contribution in [0.4, 0.5) is 0 Å². The molecule has 0 amide bonds. The van der Waals surface area contributed by atoms with Crippen LogP contribution in [-0.4, -0.2) is 30.8 Å². The maximum absolute atomic E-state index is 12.3. The average molecular weight is 385 g/mol. The number of esters is 1. The summed E-state index contributed by atoms with van der Waals surface area (Å²) in [4.78, 5) is 20.2. The Labute approximate surface area is 166 Å².